The molecule has 2 aromatic rings. The van der Waals surface area contributed by atoms with Crippen molar-refractivity contribution in [2.24, 2.45) is 0 Å². The van der Waals surface area contributed by atoms with E-state index in [4.69, 9.17) is 0 Å². The van der Waals surface area contributed by atoms with Gasteiger partial charge < -0.3 is 5.32 Å². The van der Waals surface area contributed by atoms with Gasteiger partial charge in [0, 0.05) is 32.1 Å². The van der Waals surface area contributed by atoms with Crippen molar-refractivity contribution >= 4 is 15.9 Å². The number of aromatic nitrogens is 4. The molecule has 0 bridgehead atoms. The number of hydrogen-bond donors (Lipinski definition) is 1. The fourth-order valence-electron chi connectivity index (χ4n) is 2.63. The van der Waals surface area contributed by atoms with Crippen LogP contribution in [-0.2, 0) is 26.1 Å². The van der Waals surface area contributed by atoms with Crippen molar-refractivity contribution in [2.75, 3.05) is 6.54 Å². The lowest BCUT2D eigenvalue weighted by atomic mass is 10.1. The number of rotatable bonds is 3. The largest absolute Gasteiger partial charge is 0.312 e. The van der Waals surface area contributed by atoms with Gasteiger partial charge in [-0.25, -0.2) is 4.68 Å². The molecule has 6 nitrogen and oxygen atoms in total. The second-order valence-corrected chi connectivity index (χ2v) is 5.99. The molecule has 7 heteroatoms. The first kappa shape index (κ1) is 14.5. The molecule has 1 N–H and O–H groups in total. The SMILES string of the molecule is CCn1nc(C)c(Br)c1Cn1nc2c(cc1=O)CNCC2. The maximum absolute atomic E-state index is 12.2. The van der Waals surface area contributed by atoms with Crippen molar-refractivity contribution in [3.05, 3.63) is 43.5 Å². The number of nitrogens with one attached hydrogen (secondary N) is 1. The molecule has 2 aromatic heterocycles. The van der Waals surface area contributed by atoms with Crippen LogP contribution in [0, 0.1) is 6.92 Å². The van der Waals surface area contributed by atoms with Crippen LogP contribution in [-0.4, -0.2) is 26.1 Å². The van der Waals surface area contributed by atoms with Gasteiger partial charge in [-0.3, -0.25) is 9.48 Å². The highest BCUT2D eigenvalue weighted by Crippen LogP contribution is 2.21. The Kier molecular flexibility index (Phi) is 3.95. The van der Waals surface area contributed by atoms with Crippen LogP contribution in [0.25, 0.3) is 0 Å². The molecule has 3 rings (SSSR count). The van der Waals surface area contributed by atoms with E-state index in [2.05, 4.69) is 31.4 Å². The van der Waals surface area contributed by atoms with Crippen molar-refractivity contribution in [1.82, 2.24) is 24.9 Å². The molecule has 1 aliphatic rings. The van der Waals surface area contributed by atoms with Crippen molar-refractivity contribution in [2.45, 2.75) is 39.9 Å². The predicted octanol–water partition coefficient (Wildman–Crippen LogP) is 1.22. The van der Waals surface area contributed by atoms with Crippen LogP contribution in [0.1, 0.15) is 29.6 Å². The third kappa shape index (κ3) is 2.67. The molecular weight excluding hydrogens is 334 g/mol. The fraction of sp³-hybridized carbons (Fsp3) is 0.500. The Morgan fingerprint density at radius 2 is 2.19 bits per heavy atom. The van der Waals surface area contributed by atoms with Gasteiger partial charge in [0.25, 0.3) is 5.56 Å². The van der Waals surface area contributed by atoms with Gasteiger partial charge in [0.15, 0.2) is 0 Å². The van der Waals surface area contributed by atoms with Gasteiger partial charge in [-0.05, 0) is 35.3 Å². The highest BCUT2D eigenvalue weighted by molar-refractivity contribution is 9.10. The number of fused-ring (bicyclic) bond motifs is 1. The molecule has 0 saturated heterocycles. The Bertz CT molecular complexity index is 734. The van der Waals surface area contributed by atoms with Crippen LogP contribution in [0.2, 0.25) is 0 Å². The first-order chi connectivity index (χ1) is 10.1. The number of aryl methyl sites for hydroxylation is 2. The number of nitrogens with zero attached hydrogens (tertiary/aromatic N) is 4. The second kappa shape index (κ2) is 5.73. The Morgan fingerprint density at radius 3 is 2.95 bits per heavy atom. The van der Waals surface area contributed by atoms with E-state index < -0.39 is 0 Å². The van der Waals surface area contributed by atoms with Gasteiger partial charge in [-0.2, -0.15) is 10.2 Å². The summed E-state index contributed by atoms with van der Waals surface area (Å²) >= 11 is 3.56. The molecule has 0 amide bonds. The lowest BCUT2D eigenvalue weighted by molar-refractivity contribution is 0.531. The van der Waals surface area contributed by atoms with Gasteiger partial charge in [-0.15, -0.1) is 0 Å². The van der Waals surface area contributed by atoms with E-state index in [1.54, 1.807) is 6.07 Å². The molecule has 0 aliphatic carbocycles. The third-order valence-electron chi connectivity index (χ3n) is 3.77. The zero-order chi connectivity index (χ0) is 15.0. The summed E-state index contributed by atoms with van der Waals surface area (Å²) in [6.07, 6.45) is 0.864. The van der Waals surface area contributed by atoms with Gasteiger partial charge in [0.05, 0.1) is 28.1 Å². The molecule has 1 aliphatic heterocycles. The summed E-state index contributed by atoms with van der Waals surface area (Å²) in [5.74, 6) is 0. The van der Waals surface area contributed by atoms with E-state index in [1.807, 2.05) is 18.5 Å². The Labute approximate surface area is 131 Å². The Hall–Kier alpha value is -1.47. The Balaban J connectivity index is 2.01. The molecule has 0 unspecified atom stereocenters. The molecule has 0 atom stereocenters. The topological polar surface area (TPSA) is 64.7 Å². The van der Waals surface area contributed by atoms with E-state index in [0.717, 1.165) is 53.2 Å². The second-order valence-electron chi connectivity index (χ2n) is 5.20. The summed E-state index contributed by atoms with van der Waals surface area (Å²) in [5, 5.41) is 12.3. The molecular formula is C14H18BrN5O. The highest BCUT2D eigenvalue weighted by Gasteiger charge is 2.16. The molecule has 0 spiro atoms. The van der Waals surface area contributed by atoms with Crippen LogP contribution < -0.4 is 10.9 Å². The van der Waals surface area contributed by atoms with Crippen molar-refractivity contribution in [1.29, 1.82) is 0 Å². The van der Waals surface area contributed by atoms with Gasteiger partial charge in [0.2, 0.25) is 0 Å². The number of halogens is 1. The zero-order valence-electron chi connectivity index (χ0n) is 12.2. The molecule has 0 aromatic carbocycles. The molecule has 21 heavy (non-hydrogen) atoms. The van der Waals surface area contributed by atoms with Crippen LogP contribution in [0.3, 0.4) is 0 Å². The monoisotopic (exact) mass is 351 g/mol. The molecule has 3 heterocycles. The Morgan fingerprint density at radius 1 is 1.38 bits per heavy atom. The molecule has 112 valence electrons. The van der Waals surface area contributed by atoms with Gasteiger partial charge >= 0.3 is 0 Å². The summed E-state index contributed by atoms with van der Waals surface area (Å²) < 4.78 is 4.41. The molecule has 0 fully saturated rings. The van der Waals surface area contributed by atoms with Crippen LogP contribution in [0.5, 0.6) is 0 Å². The van der Waals surface area contributed by atoms with Crippen molar-refractivity contribution in [3.63, 3.8) is 0 Å². The summed E-state index contributed by atoms with van der Waals surface area (Å²) in [7, 11) is 0. The number of hydrogen-bond acceptors (Lipinski definition) is 4. The van der Waals surface area contributed by atoms with E-state index in [-0.39, 0.29) is 5.56 Å². The van der Waals surface area contributed by atoms with Crippen LogP contribution in [0.4, 0.5) is 0 Å². The minimum absolute atomic E-state index is 0.0640. The first-order valence-electron chi connectivity index (χ1n) is 7.12. The van der Waals surface area contributed by atoms with E-state index in [0.29, 0.717) is 6.54 Å². The van der Waals surface area contributed by atoms with Gasteiger partial charge in [-0.1, -0.05) is 0 Å². The third-order valence-corrected chi connectivity index (χ3v) is 4.80. The fourth-order valence-corrected chi connectivity index (χ4v) is 3.04. The minimum atomic E-state index is -0.0640. The maximum atomic E-state index is 12.2. The molecule has 0 radical (unpaired) electrons. The maximum Gasteiger partial charge on any atom is 0.267 e. The highest BCUT2D eigenvalue weighted by atomic mass is 79.9. The first-order valence-corrected chi connectivity index (χ1v) is 7.92. The molecule has 0 saturated carbocycles. The van der Waals surface area contributed by atoms with E-state index in [9.17, 15) is 4.79 Å². The average molecular weight is 352 g/mol. The lowest BCUT2D eigenvalue weighted by Gasteiger charge is -2.17. The van der Waals surface area contributed by atoms with Crippen molar-refractivity contribution in [3.8, 4) is 0 Å². The smallest absolute Gasteiger partial charge is 0.267 e. The average Bonchev–Trinajstić information content (AvgIpc) is 2.75. The quantitative estimate of drug-likeness (QED) is 0.902. The zero-order valence-corrected chi connectivity index (χ0v) is 13.8. The van der Waals surface area contributed by atoms with Gasteiger partial charge in [0.1, 0.15) is 0 Å². The summed E-state index contributed by atoms with van der Waals surface area (Å²) in [6.45, 7) is 6.84. The van der Waals surface area contributed by atoms with Crippen molar-refractivity contribution < 1.29 is 0 Å². The summed E-state index contributed by atoms with van der Waals surface area (Å²) in [6, 6.07) is 1.70. The normalized spacial score (nSPS) is 14.2. The summed E-state index contributed by atoms with van der Waals surface area (Å²) in [4.78, 5) is 12.2. The van der Waals surface area contributed by atoms with Crippen LogP contribution in [0.15, 0.2) is 15.3 Å². The van der Waals surface area contributed by atoms with Crippen LogP contribution >= 0.6 is 15.9 Å². The standard InChI is InChI=1S/C14H18BrN5O/c1-3-19-12(14(15)9(2)17-19)8-20-13(21)6-10-7-16-5-4-11(10)18-20/h6,16H,3-5,7-8H2,1-2H3. The van der Waals surface area contributed by atoms with E-state index in [1.165, 1.54) is 4.68 Å². The minimum Gasteiger partial charge on any atom is -0.312 e. The lowest BCUT2D eigenvalue weighted by Crippen LogP contribution is -2.32. The van der Waals surface area contributed by atoms with E-state index >= 15 is 0 Å². The predicted molar refractivity (Wildman–Crippen MR) is 83.3 cm³/mol. The summed E-state index contributed by atoms with van der Waals surface area (Å²) in [5.41, 5.74) is 3.89.